The lowest BCUT2D eigenvalue weighted by Gasteiger charge is -2.12. The molecule has 0 aromatic carbocycles. The molecule has 22 heavy (non-hydrogen) atoms. The highest BCUT2D eigenvalue weighted by atomic mass is 127. The van der Waals surface area contributed by atoms with Gasteiger partial charge in [0.15, 0.2) is 5.96 Å². The summed E-state index contributed by atoms with van der Waals surface area (Å²) in [5.74, 6) is 1.56. The Morgan fingerprint density at radius 3 is 2.27 bits per heavy atom. The van der Waals surface area contributed by atoms with E-state index in [0.29, 0.717) is 25.7 Å². The molecule has 134 valence electrons. The summed E-state index contributed by atoms with van der Waals surface area (Å²) >= 11 is 0. The maximum absolute atomic E-state index is 5.51. The number of nitrogens with one attached hydrogen (secondary N) is 2. The molecule has 0 unspecified atom stereocenters. The predicted molar refractivity (Wildman–Crippen MR) is 105 cm³/mol. The summed E-state index contributed by atoms with van der Waals surface area (Å²) in [5.41, 5.74) is 0. The monoisotopic (exact) mass is 429 g/mol. The van der Waals surface area contributed by atoms with Gasteiger partial charge in [0.1, 0.15) is 0 Å². The van der Waals surface area contributed by atoms with Gasteiger partial charge in [0.25, 0.3) is 0 Å². The second kappa shape index (κ2) is 19.0. The highest BCUT2D eigenvalue weighted by molar-refractivity contribution is 14.0. The lowest BCUT2D eigenvalue weighted by Crippen LogP contribution is -2.39. The standard InChI is InChI=1S/C16H35N3O2.HI/c1-5-7-11-20-13-14-21-12-10-19-16(17-6-2)18-9-8-15(3)4;/h15H,5-14H2,1-4H3,(H2,17,18,19);1H. The number of nitrogens with zero attached hydrogens (tertiary/aromatic N) is 1. The number of hydrogen-bond acceptors (Lipinski definition) is 3. The molecule has 0 saturated carbocycles. The Morgan fingerprint density at radius 1 is 1.00 bits per heavy atom. The molecule has 0 spiro atoms. The highest BCUT2D eigenvalue weighted by Gasteiger charge is 1.98. The first-order valence-corrected chi connectivity index (χ1v) is 8.38. The smallest absolute Gasteiger partial charge is 0.191 e. The Balaban J connectivity index is 0. The molecule has 0 aliphatic heterocycles. The molecule has 0 aromatic heterocycles. The summed E-state index contributed by atoms with van der Waals surface area (Å²) in [5, 5.41) is 6.52. The first kappa shape index (κ1) is 24.2. The van der Waals surface area contributed by atoms with E-state index >= 15 is 0 Å². The van der Waals surface area contributed by atoms with Crippen molar-refractivity contribution in [3.8, 4) is 0 Å². The fourth-order valence-electron chi connectivity index (χ4n) is 1.59. The summed E-state index contributed by atoms with van der Waals surface area (Å²) in [6, 6.07) is 0. The van der Waals surface area contributed by atoms with Crippen LogP contribution in [0.4, 0.5) is 0 Å². The minimum Gasteiger partial charge on any atom is -0.379 e. The van der Waals surface area contributed by atoms with E-state index in [-0.39, 0.29) is 24.0 Å². The van der Waals surface area contributed by atoms with Crippen LogP contribution < -0.4 is 10.6 Å². The number of rotatable bonds is 13. The zero-order chi connectivity index (χ0) is 15.8. The van der Waals surface area contributed by atoms with Gasteiger partial charge in [-0.15, -0.1) is 24.0 Å². The first-order valence-electron chi connectivity index (χ1n) is 8.38. The van der Waals surface area contributed by atoms with Gasteiger partial charge in [-0.1, -0.05) is 27.2 Å². The highest BCUT2D eigenvalue weighted by Crippen LogP contribution is 1.98. The first-order chi connectivity index (χ1) is 10.2. The van der Waals surface area contributed by atoms with Crippen LogP contribution in [0, 0.1) is 5.92 Å². The average Bonchev–Trinajstić information content (AvgIpc) is 2.45. The average molecular weight is 429 g/mol. The topological polar surface area (TPSA) is 54.9 Å². The van der Waals surface area contributed by atoms with Crippen molar-refractivity contribution in [1.82, 2.24) is 10.6 Å². The lowest BCUT2D eigenvalue weighted by molar-refractivity contribution is 0.0487. The van der Waals surface area contributed by atoms with Crippen LogP contribution in [0.1, 0.15) is 47.0 Å². The molecule has 6 heteroatoms. The number of guanidine groups is 1. The van der Waals surface area contributed by atoms with Gasteiger partial charge < -0.3 is 20.1 Å². The van der Waals surface area contributed by atoms with E-state index in [1.54, 1.807) is 0 Å². The Labute approximate surface area is 154 Å². The number of unbranched alkanes of at least 4 members (excludes halogenated alkanes) is 1. The van der Waals surface area contributed by atoms with E-state index in [2.05, 4.69) is 43.3 Å². The van der Waals surface area contributed by atoms with E-state index < -0.39 is 0 Å². The van der Waals surface area contributed by atoms with Gasteiger partial charge >= 0.3 is 0 Å². The fourth-order valence-corrected chi connectivity index (χ4v) is 1.59. The third-order valence-electron chi connectivity index (χ3n) is 2.87. The third-order valence-corrected chi connectivity index (χ3v) is 2.87. The summed E-state index contributed by atoms with van der Waals surface area (Å²) in [6.45, 7) is 14.0. The van der Waals surface area contributed by atoms with Crippen LogP contribution in [0.15, 0.2) is 4.99 Å². The molecule has 0 saturated heterocycles. The molecular formula is C16H36IN3O2. The van der Waals surface area contributed by atoms with Crippen molar-refractivity contribution in [2.24, 2.45) is 10.9 Å². The van der Waals surface area contributed by atoms with Gasteiger partial charge in [0.05, 0.1) is 19.8 Å². The molecular weight excluding hydrogens is 393 g/mol. The van der Waals surface area contributed by atoms with E-state index in [1.165, 1.54) is 6.42 Å². The molecule has 0 rings (SSSR count). The van der Waals surface area contributed by atoms with E-state index in [9.17, 15) is 0 Å². The Kier molecular flexibility index (Phi) is 20.8. The van der Waals surface area contributed by atoms with Crippen molar-refractivity contribution in [3.05, 3.63) is 0 Å². The third kappa shape index (κ3) is 18.0. The van der Waals surface area contributed by atoms with Crippen molar-refractivity contribution in [2.45, 2.75) is 47.0 Å². The zero-order valence-corrected chi connectivity index (χ0v) is 17.2. The van der Waals surface area contributed by atoms with Crippen molar-refractivity contribution >= 4 is 29.9 Å². The van der Waals surface area contributed by atoms with E-state index in [4.69, 9.17) is 9.47 Å². The minimum atomic E-state index is 0. The largest absolute Gasteiger partial charge is 0.379 e. The van der Waals surface area contributed by atoms with Gasteiger partial charge in [-0.05, 0) is 25.7 Å². The lowest BCUT2D eigenvalue weighted by atomic mass is 10.1. The molecule has 0 aliphatic carbocycles. The SMILES string of the molecule is CCCCOCCOCCNC(=NCCC(C)C)NCC.I. The zero-order valence-electron chi connectivity index (χ0n) is 14.8. The summed E-state index contributed by atoms with van der Waals surface area (Å²) in [6.07, 6.45) is 3.41. The summed E-state index contributed by atoms with van der Waals surface area (Å²) in [7, 11) is 0. The van der Waals surface area contributed by atoms with Gasteiger partial charge in [-0.3, -0.25) is 4.99 Å². The molecule has 0 bridgehead atoms. The summed E-state index contributed by atoms with van der Waals surface area (Å²) < 4.78 is 10.9. The molecule has 0 radical (unpaired) electrons. The maximum Gasteiger partial charge on any atom is 0.191 e. The second-order valence-electron chi connectivity index (χ2n) is 5.45. The Morgan fingerprint density at radius 2 is 1.68 bits per heavy atom. The van der Waals surface area contributed by atoms with Crippen LogP contribution >= 0.6 is 24.0 Å². The number of aliphatic imine (C=N–C) groups is 1. The molecule has 0 fully saturated rings. The van der Waals surface area contributed by atoms with Gasteiger partial charge in [-0.2, -0.15) is 0 Å². The number of ether oxygens (including phenoxy) is 2. The molecule has 0 aliphatic rings. The van der Waals surface area contributed by atoms with E-state index in [0.717, 1.165) is 45.0 Å². The predicted octanol–water partition coefficient (Wildman–Crippen LogP) is 3.04. The van der Waals surface area contributed by atoms with Crippen LogP contribution in [0.3, 0.4) is 0 Å². The van der Waals surface area contributed by atoms with Gasteiger partial charge in [-0.25, -0.2) is 0 Å². The number of halogens is 1. The van der Waals surface area contributed by atoms with Crippen LogP contribution in [0.2, 0.25) is 0 Å². The van der Waals surface area contributed by atoms with Crippen LogP contribution in [-0.2, 0) is 9.47 Å². The summed E-state index contributed by atoms with van der Waals surface area (Å²) in [4.78, 5) is 4.54. The Bertz CT molecular complexity index is 252. The molecule has 5 nitrogen and oxygen atoms in total. The van der Waals surface area contributed by atoms with Crippen molar-refractivity contribution in [1.29, 1.82) is 0 Å². The van der Waals surface area contributed by atoms with E-state index in [1.807, 2.05) is 0 Å². The van der Waals surface area contributed by atoms with Crippen LogP contribution in [0.25, 0.3) is 0 Å². The quantitative estimate of drug-likeness (QED) is 0.205. The van der Waals surface area contributed by atoms with Crippen LogP contribution in [-0.4, -0.2) is 52.0 Å². The van der Waals surface area contributed by atoms with Crippen molar-refractivity contribution in [2.75, 3.05) is 46.1 Å². The van der Waals surface area contributed by atoms with Crippen LogP contribution in [0.5, 0.6) is 0 Å². The van der Waals surface area contributed by atoms with Gasteiger partial charge in [0, 0.05) is 26.2 Å². The second-order valence-corrected chi connectivity index (χ2v) is 5.45. The molecule has 0 amide bonds. The molecule has 2 N–H and O–H groups in total. The normalized spacial score (nSPS) is 11.4. The van der Waals surface area contributed by atoms with Gasteiger partial charge in [0.2, 0.25) is 0 Å². The minimum absolute atomic E-state index is 0. The Hall–Kier alpha value is -0.0800. The molecule has 0 atom stereocenters. The molecule has 0 heterocycles. The number of hydrogen-bond donors (Lipinski definition) is 2. The maximum atomic E-state index is 5.51. The molecule has 0 aromatic rings. The fraction of sp³-hybridized carbons (Fsp3) is 0.938. The van der Waals surface area contributed by atoms with Crippen molar-refractivity contribution in [3.63, 3.8) is 0 Å². The van der Waals surface area contributed by atoms with Crippen molar-refractivity contribution < 1.29 is 9.47 Å².